The number of nitrogens with zero attached hydrogens (tertiary/aromatic N) is 1. The zero-order chi connectivity index (χ0) is 14.3. The molecular formula is C16H30NO3+. The van der Waals surface area contributed by atoms with Crippen molar-refractivity contribution in [2.24, 2.45) is 5.92 Å². The summed E-state index contributed by atoms with van der Waals surface area (Å²) in [5.41, 5.74) is 0. The van der Waals surface area contributed by atoms with Crippen LogP contribution in [0.15, 0.2) is 0 Å². The lowest BCUT2D eigenvalue weighted by Crippen LogP contribution is -2.54. The molecule has 1 heterocycles. The Morgan fingerprint density at radius 1 is 1.20 bits per heavy atom. The molecule has 1 aliphatic carbocycles. The molecule has 0 aromatic heterocycles. The van der Waals surface area contributed by atoms with E-state index in [-0.39, 0.29) is 5.97 Å². The van der Waals surface area contributed by atoms with Gasteiger partial charge in [0.15, 0.2) is 6.54 Å². The Hall–Kier alpha value is -0.610. The number of rotatable bonds is 6. The van der Waals surface area contributed by atoms with Gasteiger partial charge in [0.2, 0.25) is 0 Å². The molecule has 0 aromatic rings. The van der Waals surface area contributed by atoms with E-state index in [0.29, 0.717) is 13.2 Å². The Morgan fingerprint density at radius 2 is 1.90 bits per heavy atom. The van der Waals surface area contributed by atoms with Crippen LogP contribution in [0.1, 0.15) is 44.9 Å². The van der Waals surface area contributed by atoms with Crippen LogP contribution in [0.25, 0.3) is 0 Å². The molecule has 2 fully saturated rings. The fourth-order valence-electron chi connectivity index (χ4n) is 3.33. The highest BCUT2D eigenvalue weighted by atomic mass is 16.5. The quantitative estimate of drug-likeness (QED) is 0.427. The minimum Gasteiger partial charge on any atom is -0.462 e. The molecule has 2 aliphatic rings. The standard InChI is InChI=1S/C16H30NO3/c1-17(9-12-19-13-10-17)14-16(18)20-11-5-8-15-6-3-2-4-7-15/h15H,2-14H2,1H3/q+1. The summed E-state index contributed by atoms with van der Waals surface area (Å²) in [7, 11) is 2.12. The van der Waals surface area contributed by atoms with Gasteiger partial charge in [-0.25, -0.2) is 4.79 Å². The van der Waals surface area contributed by atoms with Crippen LogP contribution in [0, 0.1) is 5.92 Å². The van der Waals surface area contributed by atoms with E-state index in [0.717, 1.165) is 43.1 Å². The van der Waals surface area contributed by atoms with E-state index in [2.05, 4.69) is 7.05 Å². The number of carbonyl (C=O) groups is 1. The molecule has 1 saturated carbocycles. The Balaban J connectivity index is 1.55. The Morgan fingerprint density at radius 3 is 2.60 bits per heavy atom. The maximum atomic E-state index is 11.9. The number of esters is 1. The third-order valence-corrected chi connectivity index (χ3v) is 4.81. The number of hydrogen-bond donors (Lipinski definition) is 0. The van der Waals surface area contributed by atoms with Gasteiger partial charge in [-0.15, -0.1) is 0 Å². The smallest absolute Gasteiger partial charge is 0.361 e. The van der Waals surface area contributed by atoms with Gasteiger partial charge in [0.1, 0.15) is 13.1 Å². The summed E-state index contributed by atoms with van der Waals surface area (Å²) in [4.78, 5) is 11.9. The number of morpholine rings is 1. The highest BCUT2D eigenvalue weighted by Crippen LogP contribution is 2.27. The summed E-state index contributed by atoms with van der Waals surface area (Å²) < 4.78 is 11.5. The van der Waals surface area contributed by atoms with Crippen molar-refractivity contribution in [1.82, 2.24) is 0 Å². The lowest BCUT2D eigenvalue weighted by Gasteiger charge is -2.36. The number of ether oxygens (including phenoxy) is 2. The fourth-order valence-corrected chi connectivity index (χ4v) is 3.33. The number of quaternary nitrogens is 1. The largest absolute Gasteiger partial charge is 0.462 e. The number of hydrogen-bond acceptors (Lipinski definition) is 3. The normalized spacial score (nSPS) is 23.4. The van der Waals surface area contributed by atoms with Crippen molar-refractivity contribution in [3.8, 4) is 0 Å². The second-order valence-corrected chi connectivity index (χ2v) is 6.70. The lowest BCUT2D eigenvalue weighted by atomic mass is 9.86. The van der Waals surface area contributed by atoms with Crippen LogP contribution in [-0.2, 0) is 14.3 Å². The second-order valence-electron chi connectivity index (χ2n) is 6.70. The van der Waals surface area contributed by atoms with Gasteiger partial charge in [-0.05, 0) is 18.8 Å². The average molecular weight is 284 g/mol. The van der Waals surface area contributed by atoms with E-state index in [9.17, 15) is 4.79 Å². The SMILES string of the molecule is C[N+]1(CC(=O)OCCCC2CCCCC2)CCOCC1. The molecule has 2 rings (SSSR count). The Labute approximate surface area is 123 Å². The third kappa shape index (κ3) is 5.41. The van der Waals surface area contributed by atoms with Gasteiger partial charge in [0.25, 0.3) is 0 Å². The third-order valence-electron chi connectivity index (χ3n) is 4.81. The molecule has 4 nitrogen and oxygen atoms in total. The van der Waals surface area contributed by atoms with Crippen molar-refractivity contribution >= 4 is 5.97 Å². The summed E-state index contributed by atoms with van der Waals surface area (Å²) in [6.45, 7) is 4.43. The summed E-state index contributed by atoms with van der Waals surface area (Å²) in [5, 5.41) is 0. The molecule has 1 aliphatic heterocycles. The first kappa shape index (κ1) is 15.8. The van der Waals surface area contributed by atoms with Crippen molar-refractivity contribution in [1.29, 1.82) is 0 Å². The first-order valence-corrected chi connectivity index (χ1v) is 8.25. The van der Waals surface area contributed by atoms with Gasteiger partial charge in [-0.3, -0.25) is 0 Å². The van der Waals surface area contributed by atoms with Gasteiger partial charge >= 0.3 is 5.97 Å². The maximum Gasteiger partial charge on any atom is 0.361 e. The van der Waals surface area contributed by atoms with Crippen LogP contribution >= 0.6 is 0 Å². The summed E-state index contributed by atoms with van der Waals surface area (Å²) >= 11 is 0. The molecule has 4 heteroatoms. The number of carbonyl (C=O) groups excluding carboxylic acids is 1. The molecule has 0 unspecified atom stereocenters. The van der Waals surface area contributed by atoms with Crippen LogP contribution in [-0.4, -0.2) is 57.0 Å². The van der Waals surface area contributed by atoms with Gasteiger partial charge < -0.3 is 14.0 Å². The van der Waals surface area contributed by atoms with Crippen LogP contribution in [0.5, 0.6) is 0 Å². The van der Waals surface area contributed by atoms with Crippen molar-refractivity contribution in [2.45, 2.75) is 44.9 Å². The van der Waals surface area contributed by atoms with Crippen molar-refractivity contribution in [3.63, 3.8) is 0 Å². The lowest BCUT2D eigenvalue weighted by molar-refractivity contribution is -0.910. The minimum atomic E-state index is -0.0435. The van der Waals surface area contributed by atoms with Gasteiger partial charge in [0, 0.05) is 0 Å². The topological polar surface area (TPSA) is 35.5 Å². The molecule has 0 atom stereocenters. The van der Waals surface area contributed by atoms with Gasteiger partial charge in [-0.1, -0.05) is 32.1 Å². The van der Waals surface area contributed by atoms with Crippen LogP contribution in [0.4, 0.5) is 0 Å². The summed E-state index contributed by atoms with van der Waals surface area (Å²) in [6, 6.07) is 0. The Bertz CT molecular complexity index is 294. The molecular weight excluding hydrogens is 254 g/mol. The molecule has 116 valence electrons. The minimum absolute atomic E-state index is 0.0435. The van der Waals surface area contributed by atoms with E-state index in [1.807, 2.05) is 0 Å². The van der Waals surface area contributed by atoms with Crippen molar-refractivity contribution < 1.29 is 18.8 Å². The first-order valence-electron chi connectivity index (χ1n) is 8.25. The molecule has 0 N–H and O–H groups in total. The predicted octanol–water partition coefficient (Wildman–Crippen LogP) is 2.37. The van der Waals surface area contributed by atoms with E-state index in [1.165, 1.54) is 38.5 Å². The van der Waals surface area contributed by atoms with Crippen molar-refractivity contribution in [3.05, 3.63) is 0 Å². The highest BCUT2D eigenvalue weighted by molar-refractivity contribution is 5.70. The van der Waals surface area contributed by atoms with E-state index in [4.69, 9.17) is 9.47 Å². The summed E-state index contributed by atoms with van der Waals surface area (Å²) in [5.74, 6) is 0.837. The molecule has 0 aromatic carbocycles. The fraction of sp³-hybridized carbons (Fsp3) is 0.938. The Kier molecular flexibility index (Phi) is 6.30. The molecule has 0 spiro atoms. The molecule has 0 bridgehead atoms. The molecule has 0 radical (unpaired) electrons. The number of likely N-dealkylation sites (N-methyl/N-ethyl adjacent to an activating group) is 1. The molecule has 0 amide bonds. The van der Waals surface area contributed by atoms with Crippen molar-refractivity contribution in [2.75, 3.05) is 46.5 Å². The first-order chi connectivity index (χ1) is 9.68. The maximum absolute atomic E-state index is 11.9. The predicted molar refractivity (Wildman–Crippen MR) is 78.4 cm³/mol. The van der Waals surface area contributed by atoms with Crippen LogP contribution in [0.3, 0.4) is 0 Å². The van der Waals surface area contributed by atoms with E-state index in [1.54, 1.807) is 0 Å². The molecule has 1 saturated heterocycles. The average Bonchev–Trinajstić information content (AvgIpc) is 2.45. The van der Waals surface area contributed by atoms with Gasteiger partial charge in [0.05, 0.1) is 26.9 Å². The summed E-state index contributed by atoms with van der Waals surface area (Å²) in [6.07, 6.45) is 9.21. The zero-order valence-electron chi connectivity index (χ0n) is 12.9. The van der Waals surface area contributed by atoms with E-state index >= 15 is 0 Å². The zero-order valence-corrected chi connectivity index (χ0v) is 12.9. The van der Waals surface area contributed by atoms with Crippen LogP contribution in [0.2, 0.25) is 0 Å². The highest BCUT2D eigenvalue weighted by Gasteiger charge is 2.28. The monoisotopic (exact) mass is 284 g/mol. The van der Waals surface area contributed by atoms with E-state index < -0.39 is 0 Å². The van der Waals surface area contributed by atoms with Gasteiger partial charge in [-0.2, -0.15) is 0 Å². The van der Waals surface area contributed by atoms with Crippen LogP contribution < -0.4 is 0 Å². The molecule has 20 heavy (non-hydrogen) atoms. The second kappa shape index (κ2) is 7.99.